The number of benzene rings is 1. The molecule has 3 rings (SSSR count). The molecule has 1 N–H and O–H groups in total. The zero-order valence-corrected chi connectivity index (χ0v) is 12.1. The summed E-state index contributed by atoms with van der Waals surface area (Å²) < 4.78 is 29.5. The molecular formula is C13H16N2O4S. The van der Waals surface area contributed by atoms with Crippen LogP contribution < -0.4 is 10.1 Å². The zero-order chi connectivity index (χ0) is 14.5. The molecule has 1 saturated carbocycles. The average Bonchev–Trinajstić information content (AvgIpc) is 3.11. The molecule has 2 atom stereocenters. The maximum atomic E-state index is 12.3. The third kappa shape index (κ3) is 1.66. The number of hydrogen-bond donors (Lipinski definition) is 1. The smallest absolute Gasteiger partial charge is 0.247 e. The second kappa shape index (κ2) is 4.20. The molecule has 1 saturated heterocycles. The fourth-order valence-electron chi connectivity index (χ4n) is 2.83. The van der Waals surface area contributed by atoms with Crippen LogP contribution in [0.2, 0.25) is 0 Å². The number of rotatable bonds is 3. The molecule has 2 aliphatic rings. The maximum Gasteiger partial charge on any atom is 0.247 e. The van der Waals surface area contributed by atoms with E-state index in [0.717, 1.165) is 0 Å². The molecule has 108 valence electrons. The van der Waals surface area contributed by atoms with Crippen LogP contribution in [-0.4, -0.2) is 44.1 Å². The van der Waals surface area contributed by atoms with Crippen molar-refractivity contribution in [1.82, 2.24) is 4.31 Å². The van der Waals surface area contributed by atoms with E-state index in [1.807, 2.05) is 0 Å². The molecule has 0 unspecified atom stereocenters. The summed E-state index contributed by atoms with van der Waals surface area (Å²) in [4.78, 5) is 12.3. The summed E-state index contributed by atoms with van der Waals surface area (Å²) in [6.07, 6.45) is 0.418. The van der Waals surface area contributed by atoms with Gasteiger partial charge >= 0.3 is 0 Å². The van der Waals surface area contributed by atoms with Gasteiger partial charge in [-0.15, -0.1) is 0 Å². The number of nitrogens with zero attached hydrogens (tertiary/aromatic N) is 1. The Hall–Kier alpha value is -1.60. The van der Waals surface area contributed by atoms with E-state index < -0.39 is 20.7 Å². The summed E-state index contributed by atoms with van der Waals surface area (Å²) in [7, 11) is -0.451. The molecule has 6 nitrogen and oxygen atoms in total. The van der Waals surface area contributed by atoms with Crippen LogP contribution in [-0.2, 0) is 14.8 Å². The summed E-state index contributed by atoms with van der Waals surface area (Å²) in [6.45, 7) is 0.429. The van der Waals surface area contributed by atoms with Gasteiger partial charge in [-0.3, -0.25) is 4.79 Å². The van der Waals surface area contributed by atoms with E-state index >= 15 is 0 Å². The summed E-state index contributed by atoms with van der Waals surface area (Å²) >= 11 is 0. The first-order chi connectivity index (χ1) is 9.41. The predicted molar refractivity (Wildman–Crippen MR) is 74.0 cm³/mol. The van der Waals surface area contributed by atoms with Gasteiger partial charge in [0.2, 0.25) is 15.9 Å². The minimum Gasteiger partial charge on any atom is -0.497 e. The molecule has 0 bridgehead atoms. The second-order valence-electron chi connectivity index (χ2n) is 5.26. The van der Waals surface area contributed by atoms with Crippen molar-refractivity contribution < 1.29 is 17.9 Å². The van der Waals surface area contributed by atoms with Crippen LogP contribution >= 0.6 is 0 Å². The average molecular weight is 296 g/mol. The van der Waals surface area contributed by atoms with Crippen molar-refractivity contribution >= 4 is 21.6 Å². The topological polar surface area (TPSA) is 75.7 Å². The van der Waals surface area contributed by atoms with Crippen molar-refractivity contribution in [1.29, 1.82) is 0 Å². The lowest BCUT2D eigenvalue weighted by atomic mass is 10.2. The van der Waals surface area contributed by atoms with Crippen LogP contribution in [0.1, 0.15) is 6.42 Å². The lowest BCUT2D eigenvalue weighted by molar-refractivity contribution is -0.116. The molecule has 1 amide bonds. The van der Waals surface area contributed by atoms with E-state index in [1.165, 1.54) is 11.4 Å². The number of hydrogen-bond acceptors (Lipinski definition) is 4. The van der Waals surface area contributed by atoms with Crippen molar-refractivity contribution in [2.45, 2.75) is 11.2 Å². The van der Waals surface area contributed by atoms with Gasteiger partial charge in [0.05, 0.1) is 7.11 Å². The van der Waals surface area contributed by atoms with Crippen LogP contribution in [0.15, 0.2) is 24.3 Å². The molecule has 0 aromatic heterocycles. The summed E-state index contributed by atoms with van der Waals surface area (Å²) in [5, 5.41) is 2.69. The third-order valence-corrected chi connectivity index (χ3v) is 6.71. The number of fused-ring (bicyclic) bond motifs is 1. The number of carbonyl (C=O) groups excluding carboxylic acids is 1. The number of nitrogens with one attached hydrogen (secondary N) is 1. The molecule has 0 radical (unpaired) electrons. The van der Waals surface area contributed by atoms with Crippen LogP contribution in [0.4, 0.5) is 5.69 Å². The molecule has 0 spiro atoms. The minimum atomic E-state index is -3.53. The first-order valence-electron chi connectivity index (χ1n) is 6.33. The Labute approximate surface area is 117 Å². The van der Waals surface area contributed by atoms with Crippen molar-refractivity contribution in [3.05, 3.63) is 24.3 Å². The van der Waals surface area contributed by atoms with Crippen molar-refractivity contribution in [2.75, 3.05) is 26.0 Å². The van der Waals surface area contributed by atoms with Crippen LogP contribution in [0, 0.1) is 5.92 Å². The van der Waals surface area contributed by atoms with Crippen molar-refractivity contribution in [3.63, 3.8) is 0 Å². The van der Waals surface area contributed by atoms with Crippen molar-refractivity contribution in [3.8, 4) is 5.75 Å². The predicted octanol–water partition coefficient (Wildman–Crippen LogP) is 0.668. The van der Waals surface area contributed by atoms with Gasteiger partial charge < -0.3 is 10.1 Å². The molecule has 1 aliphatic heterocycles. The number of carbonyl (C=O) groups is 1. The fraction of sp³-hybridized carbons (Fsp3) is 0.462. The van der Waals surface area contributed by atoms with E-state index in [2.05, 4.69) is 5.32 Å². The first kappa shape index (κ1) is 13.4. The maximum absolute atomic E-state index is 12.3. The number of methoxy groups -OCH3 is 1. The Morgan fingerprint density at radius 3 is 2.55 bits per heavy atom. The van der Waals surface area contributed by atoms with Gasteiger partial charge in [-0.1, -0.05) is 0 Å². The quantitative estimate of drug-likeness (QED) is 0.889. The Morgan fingerprint density at radius 1 is 1.40 bits per heavy atom. The van der Waals surface area contributed by atoms with Gasteiger partial charge in [0, 0.05) is 25.2 Å². The van der Waals surface area contributed by atoms with E-state index in [1.54, 1.807) is 31.4 Å². The lowest BCUT2D eigenvalue weighted by Crippen LogP contribution is -2.40. The molecule has 7 heteroatoms. The highest BCUT2D eigenvalue weighted by Crippen LogP contribution is 2.57. The largest absolute Gasteiger partial charge is 0.497 e. The minimum absolute atomic E-state index is 0.0873. The normalized spacial score (nSPS) is 30.6. The molecule has 20 heavy (non-hydrogen) atoms. The molecule has 1 aliphatic carbocycles. The van der Waals surface area contributed by atoms with E-state index in [-0.39, 0.29) is 5.92 Å². The van der Waals surface area contributed by atoms with Gasteiger partial charge in [-0.05, 0) is 30.7 Å². The first-order valence-corrected chi connectivity index (χ1v) is 7.77. The van der Waals surface area contributed by atoms with Gasteiger partial charge in [-0.2, -0.15) is 0 Å². The fourth-order valence-corrected chi connectivity index (χ4v) is 4.95. The van der Waals surface area contributed by atoms with Gasteiger partial charge in [0.25, 0.3) is 0 Å². The number of sulfonamides is 1. The van der Waals surface area contributed by atoms with E-state index in [4.69, 9.17) is 4.74 Å². The third-order valence-electron chi connectivity index (χ3n) is 4.13. The standard InChI is InChI=1S/C13H16N2O4S/c1-15-8-9-7-13(9,20(15,17)18)12(16)14-10-3-5-11(19-2)6-4-10/h3-6,9H,7-8H2,1-2H3,(H,14,16)/t9-,13-/m1/s1. The number of ether oxygens (including phenoxy) is 1. The summed E-state index contributed by atoms with van der Waals surface area (Å²) in [5.41, 5.74) is 0.570. The molecule has 1 heterocycles. The SMILES string of the molecule is COc1ccc(NC(=O)[C@@]23C[C@@H]2CN(C)S3(=O)=O)cc1. The highest BCUT2D eigenvalue weighted by molar-refractivity contribution is 7.92. The number of amides is 1. The van der Waals surface area contributed by atoms with Crippen LogP contribution in [0.25, 0.3) is 0 Å². The van der Waals surface area contributed by atoms with E-state index in [9.17, 15) is 13.2 Å². The lowest BCUT2D eigenvalue weighted by Gasteiger charge is -2.17. The molecule has 2 fully saturated rings. The highest BCUT2D eigenvalue weighted by Gasteiger charge is 2.74. The Bertz CT molecular complexity index is 655. The Kier molecular flexibility index (Phi) is 2.81. The highest BCUT2D eigenvalue weighted by atomic mass is 32.2. The van der Waals surface area contributed by atoms with Gasteiger partial charge in [0.15, 0.2) is 4.75 Å². The van der Waals surface area contributed by atoms with E-state index in [0.29, 0.717) is 24.4 Å². The molecule has 1 aromatic rings. The van der Waals surface area contributed by atoms with Gasteiger partial charge in [-0.25, -0.2) is 12.7 Å². The second-order valence-corrected chi connectivity index (χ2v) is 7.56. The summed E-state index contributed by atoms with van der Waals surface area (Å²) in [6, 6.07) is 6.81. The van der Waals surface area contributed by atoms with Crippen molar-refractivity contribution in [2.24, 2.45) is 5.92 Å². The number of anilines is 1. The summed E-state index contributed by atoms with van der Waals surface area (Å²) in [5.74, 6) is 0.159. The Morgan fingerprint density at radius 2 is 2.05 bits per heavy atom. The molecular weight excluding hydrogens is 280 g/mol. The van der Waals surface area contributed by atoms with Crippen LogP contribution in [0.5, 0.6) is 5.75 Å². The Balaban J connectivity index is 1.81. The van der Waals surface area contributed by atoms with Gasteiger partial charge in [0.1, 0.15) is 5.75 Å². The zero-order valence-electron chi connectivity index (χ0n) is 11.3. The van der Waals surface area contributed by atoms with Crippen LogP contribution in [0.3, 0.4) is 0 Å². The molecule has 1 aromatic carbocycles. The monoisotopic (exact) mass is 296 g/mol.